The number of nitro benzene ring substituents is 1. The van der Waals surface area contributed by atoms with E-state index < -0.39 is 10.8 Å². The first kappa shape index (κ1) is 20.8. The first-order valence-corrected chi connectivity index (χ1v) is 10.00. The molecule has 2 rings (SSSR count). The number of nitrogens with one attached hydrogen (secondary N) is 2. The third-order valence-electron chi connectivity index (χ3n) is 3.24. The van der Waals surface area contributed by atoms with Crippen molar-refractivity contribution in [3.05, 3.63) is 50.4 Å². The number of hydrogen-bond acceptors (Lipinski definition) is 8. The van der Waals surface area contributed by atoms with Gasteiger partial charge in [-0.1, -0.05) is 18.7 Å². The van der Waals surface area contributed by atoms with Crippen LogP contribution < -0.4 is 15.6 Å². The minimum absolute atomic E-state index is 0.0590. The first-order valence-electron chi connectivity index (χ1n) is 7.86. The smallest absolute Gasteiger partial charge is 0.296 e. The van der Waals surface area contributed by atoms with Crippen molar-refractivity contribution < 1.29 is 14.5 Å². The fraction of sp³-hybridized carbons (Fsp3) is 0.312. The zero-order valence-electron chi connectivity index (χ0n) is 14.7. The maximum Gasteiger partial charge on any atom is 0.296 e. The number of carbonyl (C=O) groups is 1. The minimum Gasteiger partial charge on any atom is -0.496 e. The van der Waals surface area contributed by atoms with Crippen molar-refractivity contribution in [3.8, 4) is 5.75 Å². The molecule has 0 aliphatic carbocycles. The zero-order valence-corrected chi connectivity index (χ0v) is 16.3. The molecule has 9 nitrogen and oxygen atoms in total. The van der Waals surface area contributed by atoms with Crippen LogP contribution in [-0.2, 0) is 10.5 Å². The molecule has 1 heterocycles. The zero-order chi connectivity index (χ0) is 19.8. The van der Waals surface area contributed by atoms with Gasteiger partial charge in [0.05, 0.1) is 29.5 Å². The van der Waals surface area contributed by atoms with Crippen molar-refractivity contribution in [1.82, 2.24) is 9.97 Å². The maximum atomic E-state index is 12.1. The Balaban J connectivity index is 2.04. The standard InChI is InChI=1S/C16H18N4O5S2/c1-3-26-8-10-6-14(21)19-16(17-10)27-9-15(22)18-12-5-4-11(25-2)7-13(12)20(23)24/h4-7H,3,8-9H2,1-2H3,(H,18,22)(H,17,19,21). The molecule has 0 fully saturated rings. The number of nitrogens with zero attached hydrogens (tertiary/aromatic N) is 2. The van der Waals surface area contributed by atoms with Gasteiger partial charge in [-0.25, -0.2) is 4.98 Å². The van der Waals surface area contributed by atoms with E-state index in [1.165, 1.54) is 31.4 Å². The van der Waals surface area contributed by atoms with E-state index in [0.717, 1.165) is 17.5 Å². The number of methoxy groups -OCH3 is 1. The van der Waals surface area contributed by atoms with Gasteiger partial charge in [0, 0.05) is 11.8 Å². The predicted octanol–water partition coefficient (Wildman–Crippen LogP) is 2.67. The van der Waals surface area contributed by atoms with Gasteiger partial charge in [-0.2, -0.15) is 11.8 Å². The van der Waals surface area contributed by atoms with Crippen molar-refractivity contribution >= 4 is 40.8 Å². The molecular formula is C16H18N4O5S2. The van der Waals surface area contributed by atoms with Crippen LogP contribution in [0.25, 0.3) is 0 Å². The Kier molecular flexibility index (Phi) is 7.67. The molecule has 1 aromatic carbocycles. The van der Waals surface area contributed by atoms with E-state index in [2.05, 4.69) is 15.3 Å². The van der Waals surface area contributed by atoms with Crippen LogP contribution in [0.4, 0.5) is 11.4 Å². The molecule has 1 amide bonds. The highest BCUT2D eigenvalue weighted by Gasteiger charge is 2.17. The van der Waals surface area contributed by atoms with E-state index in [0.29, 0.717) is 22.4 Å². The number of ether oxygens (including phenoxy) is 1. The molecule has 0 radical (unpaired) electrons. The molecule has 0 aliphatic heterocycles. The number of benzene rings is 1. The number of aromatic amines is 1. The normalized spacial score (nSPS) is 10.4. The van der Waals surface area contributed by atoms with Crippen LogP contribution in [0.3, 0.4) is 0 Å². The third kappa shape index (κ3) is 6.29. The molecule has 0 spiro atoms. The van der Waals surface area contributed by atoms with E-state index >= 15 is 0 Å². The van der Waals surface area contributed by atoms with Gasteiger partial charge in [0.25, 0.3) is 11.2 Å². The second-order valence-corrected chi connectivity index (χ2v) is 7.39. The number of rotatable bonds is 9. The Hall–Kier alpha value is -2.53. The molecule has 144 valence electrons. The molecule has 0 unspecified atom stereocenters. The molecule has 1 aromatic heterocycles. The Labute approximate surface area is 163 Å². The van der Waals surface area contributed by atoms with Gasteiger partial charge in [-0.3, -0.25) is 19.7 Å². The average Bonchev–Trinajstić information content (AvgIpc) is 2.64. The van der Waals surface area contributed by atoms with Gasteiger partial charge in [-0.15, -0.1) is 0 Å². The van der Waals surface area contributed by atoms with E-state index in [-0.39, 0.29) is 22.7 Å². The van der Waals surface area contributed by atoms with Gasteiger partial charge in [-0.05, 0) is 17.9 Å². The Bertz CT molecular complexity index is 887. The van der Waals surface area contributed by atoms with Crippen LogP contribution >= 0.6 is 23.5 Å². The predicted molar refractivity (Wildman–Crippen MR) is 106 cm³/mol. The van der Waals surface area contributed by atoms with Crippen LogP contribution in [0.1, 0.15) is 12.6 Å². The quantitative estimate of drug-likeness (QED) is 0.279. The molecule has 0 bridgehead atoms. The van der Waals surface area contributed by atoms with Gasteiger partial charge in [0.15, 0.2) is 5.16 Å². The second-order valence-electron chi connectivity index (χ2n) is 5.16. The van der Waals surface area contributed by atoms with Crippen LogP contribution in [0.5, 0.6) is 5.75 Å². The average molecular weight is 410 g/mol. The summed E-state index contributed by atoms with van der Waals surface area (Å²) in [7, 11) is 1.40. The van der Waals surface area contributed by atoms with Crippen LogP contribution in [0.2, 0.25) is 0 Å². The largest absolute Gasteiger partial charge is 0.496 e. The second kappa shape index (κ2) is 9.97. The molecule has 0 aliphatic rings. The number of carbonyl (C=O) groups excluding carboxylic acids is 1. The summed E-state index contributed by atoms with van der Waals surface area (Å²) < 4.78 is 4.96. The molecule has 0 saturated heterocycles. The first-order chi connectivity index (χ1) is 12.9. The summed E-state index contributed by atoms with van der Waals surface area (Å²) in [6, 6.07) is 5.58. The molecular weight excluding hydrogens is 392 g/mol. The van der Waals surface area contributed by atoms with Crippen LogP contribution in [0, 0.1) is 10.1 Å². The lowest BCUT2D eigenvalue weighted by Gasteiger charge is -2.07. The van der Waals surface area contributed by atoms with Crippen LogP contribution in [0.15, 0.2) is 34.2 Å². The molecule has 27 heavy (non-hydrogen) atoms. The summed E-state index contributed by atoms with van der Waals surface area (Å²) >= 11 is 2.68. The van der Waals surface area contributed by atoms with Crippen molar-refractivity contribution in [2.24, 2.45) is 0 Å². The summed E-state index contributed by atoms with van der Waals surface area (Å²) in [6.45, 7) is 2.01. The molecule has 0 saturated carbocycles. The number of thioether (sulfide) groups is 2. The fourth-order valence-electron chi connectivity index (χ4n) is 2.05. The van der Waals surface area contributed by atoms with Crippen molar-refractivity contribution in [3.63, 3.8) is 0 Å². The fourth-order valence-corrected chi connectivity index (χ4v) is 3.30. The summed E-state index contributed by atoms with van der Waals surface area (Å²) in [5.41, 5.74) is 0.156. The SMILES string of the molecule is CCSCc1cc(=O)[nH]c(SCC(=O)Nc2ccc(OC)cc2[N+](=O)[O-])n1. The molecule has 11 heteroatoms. The van der Waals surface area contributed by atoms with Crippen molar-refractivity contribution in [2.75, 3.05) is 23.9 Å². The Morgan fingerprint density at radius 1 is 1.41 bits per heavy atom. The molecule has 2 N–H and O–H groups in total. The number of hydrogen-bond donors (Lipinski definition) is 2. The number of H-pyrrole nitrogens is 1. The number of aromatic nitrogens is 2. The van der Waals surface area contributed by atoms with E-state index in [1.54, 1.807) is 11.8 Å². The van der Waals surface area contributed by atoms with Gasteiger partial charge < -0.3 is 15.0 Å². The van der Waals surface area contributed by atoms with E-state index in [1.807, 2.05) is 6.92 Å². The van der Waals surface area contributed by atoms with E-state index in [4.69, 9.17) is 4.74 Å². The minimum atomic E-state index is -0.598. The lowest BCUT2D eigenvalue weighted by Crippen LogP contribution is -2.16. The highest BCUT2D eigenvalue weighted by Crippen LogP contribution is 2.29. The number of anilines is 1. The van der Waals surface area contributed by atoms with Crippen molar-refractivity contribution in [1.29, 1.82) is 0 Å². The number of amides is 1. The van der Waals surface area contributed by atoms with Gasteiger partial charge in [0.1, 0.15) is 11.4 Å². The monoisotopic (exact) mass is 410 g/mol. The summed E-state index contributed by atoms with van der Waals surface area (Å²) in [4.78, 5) is 41.3. The summed E-state index contributed by atoms with van der Waals surface area (Å²) in [5, 5.41) is 14.0. The summed E-state index contributed by atoms with van der Waals surface area (Å²) in [5.74, 6) is 1.32. The maximum absolute atomic E-state index is 12.1. The molecule has 0 atom stereocenters. The topological polar surface area (TPSA) is 127 Å². The third-order valence-corrected chi connectivity index (χ3v) is 5.02. The van der Waals surface area contributed by atoms with Gasteiger partial charge >= 0.3 is 0 Å². The molecule has 2 aromatic rings. The van der Waals surface area contributed by atoms with Crippen LogP contribution in [-0.4, -0.2) is 39.4 Å². The van der Waals surface area contributed by atoms with E-state index in [9.17, 15) is 19.7 Å². The Morgan fingerprint density at radius 3 is 2.85 bits per heavy atom. The lowest BCUT2D eigenvalue weighted by molar-refractivity contribution is -0.384. The highest BCUT2D eigenvalue weighted by molar-refractivity contribution is 7.99. The van der Waals surface area contributed by atoms with Gasteiger partial charge in [0.2, 0.25) is 5.91 Å². The highest BCUT2D eigenvalue weighted by atomic mass is 32.2. The van der Waals surface area contributed by atoms with Crippen molar-refractivity contribution in [2.45, 2.75) is 17.8 Å². The summed E-state index contributed by atoms with van der Waals surface area (Å²) in [6.07, 6.45) is 0. The Morgan fingerprint density at radius 2 is 2.19 bits per heavy atom. The lowest BCUT2D eigenvalue weighted by atomic mass is 10.2. The number of nitro groups is 1.